The van der Waals surface area contributed by atoms with Crippen molar-refractivity contribution < 1.29 is 13.9 Å². The number of hydrogen-bond acceptors (Lipinski definition) is 4. The lowest BCUT2D eigenvalue weighted by Crippen LogP contribution is -2.45. The van der Waals surface area contributed by atoms with E-state index in [2.05, 4.69) is 43.4 Å². The standard InChI is InChI=1S/C21H28N2O3/c1-15(2)16-6-8-17(9-7-16)22-18-5-4-12-23(13-18)21(24)20-11-10-19(26-20)14-25-3/h6-11,15,18,22H,4-5,12-14H2,1-3H3/t18-/m1/s1. The highest BCUT2D eigenvalue weighted by Crippen LogP contribution is 2.21. The Kier molecular flexibility index (Phi) is 5.99. The Morgan fingerprint density at radius 3 is 2.73 bits per heavy atom. The van der Waals surface area contributed by atoms with Crippen molar-refractivity contribution in [1.29, 1.82) is 0 Å². The van der Waals surface area contributed by atoms with E-state index in [0.29, 0.717) is 30.6 Å². The fourth-order valence-electron chi connectivity index (χ4n) is 3.35. The van der Waals surface area contributed by atoms with Gasteiger partial charge in [-0.05, 0) is 48.6 Å². The van der Waals surface area contributed by atoms with E-state index >= 15 is 0 Å². The Morgan fingerprint density at radius 1 is 1.27 bits per heavy atom. The van der Waals surface area contributed by atoms with E-state index in [1.54, 1.807) is 19.2 Å². The summed E-state index contributed by atoms with van der Waals surface area (Å²) in [6.45, 7) is 6.22. The molecule has 2 aromatic rings. The van der Waals surface area contributed by atoms with Gasteiger partial charge in [0, 0.05) is 31.9 Å². The Hall–Kier alpha value is -2.27. The minimum atomic E-state index is -0.0472. The zero-order chi connectivity index (χ0) is 18.5. The molecule has 0 bridgehead atoms. The minimum Gasteiger partial charge on any atom is -0.453 e. The molecule has 0 aliphatic carbocycles. The van der Waals surface area contributed by atoms with Gasteiger partial charge in [-0.25, -0.2) is 0 Å². The first-order chi connectivity index (χ1) is 12.6. The molecule has 2 heterocycles. The van der Waals surface area contributed by atoms with Crippen molar-refractivity contribution in [2.24, 2.45) is 0 Å². The smallest absolute Gasteiger partial charge is 0.289 e. The number of benzene rings is 1. The molecule has 1 aromatic carbocycles. The molecule has 1 atom stereocenters. The molecule has 1 amide bonds. The average molecular weight is 356 g/mol. The summed E-state index contributed by atoms with van der Waals surface area (Å²) in [4.78, 5) is 14.6. The number of carbonyl (C=O) groups excluding carboxylic acids is 1. The summed E-state index contributed by atoms with van der Waals surface area (Å²) >= 11 is 0. The first-order valence-corrected chi connectivity index (χ1v) is 9.30. The predicted molar refractivity (Wildman–Crippen MR) is 103 cm³/mol. The van der Waals surface area contributed by atoms with Crippen LogP contribution in [0.5, 0.6) is 0 Å². The number of likely N-dealkylation sites (tertiary alicyclic amines) is 1. The van der Waals surface area contributed by atoms with Crippen LogP contribution in [0.1, 0.15) is 54.5 Å². The number of piperidine rings is 1. The van der Waals surface area contributed by atoms with Crippen molar-refractivity contribution >= 4 is 11.6 Å². The first-order valence-electron chi connectivity index (χ1n) is 9.30. The van der Waals surface area contributed by atoms with E-state index < -0.39 is 0 Å². The summed E-state index contributed by atoms with van der Waals surface area (Å²) in [5.41, 5.74) is 2.44. The highest BCUT2D eigenvalue weighted by molar-refractivity contribution is 5.91. The van der Waals surface area contributed by atoms with Crippen molar-refractivity contribution in [2.45, 2.75) is 45.3 Å². The van der Waals surface area contributed by atoms with Gasteiger partial charge in [-0.3, -0.25) is 4.79 Å². The number of methoxy groups -OCH3 is 1. The van der Waals surface area contributed by atoms with Crippen LogP contribution in [-0.4, -0.2) is 37.0 Å². The average Bonchev–Trinajstić information content (AvgIpc) is 3.11. The monoisotopic (exact) mass is 356 g/mol. The topological polar surface area (TPSA) is 54.7 Å². The van der Waals surface area contributed by atoms with Crippen LogP contribution in [0.2, 0.25) is 0 Å². The van der Waals surface area contributed by atoms with Crippen LogP contribution >= 0.6 is 0 Å². The molecular formula is C21H28N2O3. The fraction of sp³-hybridized carbons (Fsp3) is 0.476. The maximum Gasteiger partial charge on any atom is 0.289 e. The van der Waals surface area contributed by atoms with Crippen LogP contribution in [0, 0.1) is 0 Å². The van der Waals surface area contributed by atoms with Crippen LogP contribution in [0.15, 0.2) is 40.8 Å². The van der Waals surface area contributed by atoms with Gasteiger partial charge in [-0.15, -0.1) is 0 Å². The molecule has 5 heteroatoms. The summed E-state index contributed by atoms with van der Waals surface area (Å²) in [6.07, 6.45) is 2.04. The maximum absolute atomic E-state index is 12.7. The number of anilines is 1. The second-order valence-corrected chi connectivity index (χ2v) is 7.21. The second-order valence-electron chi connectivity index (χ2n) is 7.21. The Morgan fingerprint density at radius 2 is 2.04 bits per heavy atom. The quantitative estimate of drug-likeness (QED) is 0.840. The van der Waals surface area contributed by atoms with Crippen LogP contribution in [0.4, 0.5) is 5.69 Å². The van der Waals surface area contributed by atoms with Crippen molar-refractivity contribution in [3.63, 3.8) is 0 Å². The summed E-state index contributed by atoms with van der Waals surface area (Å²) < 4.78 is 10.6. The number of amides is 1. The van der Waals surface area contributed by atoms with Gasteiger partial charge in [0.2, 0.25) is 0 Å². The second kappa shape index (κ2) is 8.41. The largest absolute Gasteiger partial charge is 0.453 e. The summed E-state index contributed by atoms with van der Waals surface area (Å²) in [5.74, 6) is 1.55. The maximum atomic E-state index is 12.7. The third-order valence-corrected chi connectivity index (χ3v) is 4.82. The molecule has 1 aliphatic heterocycles. The van der Waals surface area contributed by atoms with Crippen molar-refractivity contribution in [2.75, 3.05) is 25.5 Å². The van der Waals surface area contributed by atoms with Crippen molar-refractivity contribution in [1.82, 2.24) is 4.90 Å². The highest BCUT2D eigenvalue weighted by Gasteiger charge is 2.26. The molecule has 140 valence electrons. The van der Waals surface area contributed by atoms with Gasteiger partial charge in [0.25, 0.3) is 5.91 Å². The molecule has 1 fully saturated rings. The Balaban J connectivity index is 1.60. The van der Waals surface area contributed by atoms with Gasteiger partial charge in [0.1, 0.15) is 12.4 Å². The number of ether oxygens (including phenoxy) is 1. The number of nitrogens with one attached hydrogen (secondary N) is 1. The van der Waals surface area contributed by atoms with Crippen LogP contribution in [-0.2, 0) is 11.3 Å². The minimum absolute atomic E-state index is 0.0472. The lowest BCUT2D eigenvalue weighted by atomic mass is 10.0. The number of carbonyl (C=O) groups is 1. The van der Waals surface area contributed by atoms with E-state index in [4.69, 9.17) is 9.15 Å². The lowest BCUT2D eigenvalue weighted by Gasteiger charge is -2.33. The fourth-order valence-corrected chi connectivity index (χ4v) is 3.35. The van der Waals surface area contributed by atoms with Crippen LogP contribution < -0.4 is 5.32 Å². The third-order valence-electron chi connectivity index (χ3n) is 4.82. The summed E-state index contributed by atoms with van der Waals surface area (Å²) in [6, 6.07) is 12.4. The van der Waals surface area contributed by atoms with Gasteiger partial charge in [0.05, 0.1) is 0 Å². The van der Waals surface area contributed by atoms with Gasteiger partial charge in [0.15, 0.2) is 5.76 Å². The predicted octanol–water partition coefficient (Wildman–Crippen LogP) is 4.27. The molecular weight excluding hydrogens is 328 g/mol. The Labute approximate surface area is 155 Å². The zero-order valence-corrected chi connectivity index (χ0v) is 15.8. The Bertz CT molecular complexity index is 721. The van der Waals surface area contributed by atoms with E-state index in [9.17, 15) is 4.79 Å². The van der Waals surface area contributed by atoms with Gasteiger partial charge >= 0.3 is 0 Å². The molecule has 1 saturated heterocycles. The van der Waals surface area contributed by atoms with E-state index in [1.807, 2.05) is 4.90 Å². The highest BCUT2D eigenvalue weighted by atomic mass is 16.5. The number of nitrogens with zero attached hydrogens (tertiary/aromatic N) is 1. The van der Waals surface area contributed by atoms with Gasteiger partial charge in [-0.1, -0.05) is 26.0 Å². The molecule has 5 nitrogen and oxygen atoms in total. The van der Waals surface area contributed by atoms with E-state index in [1.165, 1.54) is 5.56 Å². The molecule has 0 radical (unpaired) electrons. The SMILES string of the molecule is COCc1ccc(C(=O)N2CCC[C@@H](Nc3ccc(C(C)C)cc3)C2)o1. The molecule has 0 unspecified atom stereocenters. The number of furan rings is 1. The number of hydrogen-bond donors (Lipinski definition) is 1. The van der Waals surface area contributed by atoms with Gasteiger partial charge < -0.3 is 19.4 Å². The molecule has 26 heavy (non-hydrogen) atoms. The molecule has 1 aliphatic rings. The summed E-state index contributed by atoms with van der Waals surface area (Å²) in [7, 11) is 1.61. The lowest BCUT2D eigenvalue weighted by molar-refractivity contribution is 0.0675. The van der Waals surface area contributed by atoms with Crippen LogP contribution in [0.25, 0.3) is 0 Å². The first kappa shape index (κ1) is 18.5. The van der Waals surface area contributed by atoms with Crippen molar-refractivity contribution in [3.8, 4) is 0 Å². The molecule has 1 N–H and O–H groups in total. The molecule has 0 saturated carbocycles. The van der Waals surface area contributed by atoms with Gasteiger partial charge in [-0.2, -0.15) is 0 Å². The molecule has 1 aromatic heterocycles. The van der Waals surface area contributed by atoms with Crippen molar-refractivity contribution in [3.05, 3.63) is 53.5 Å². The van der Waals surface area contributed by atoms with Crippen LogP contribution in [0.3, 0.4) is 0 Å². The van der Waals surface area contributed by atoms with E-state index in [0.717, 1.165) is 25.1 Å². The molecule has 0 spiro atoms. The summed E-state index contributed by atoms with van der Waals surface area (Å²) in [5, 5.41) is 3.56. The third kappa shape index (κ3) is 4.47. The molecule has 3 rings (SSSR count). The normalized spacial score (nSPS) is 17.5. The number of rotatable bonds is 6. The zero-order valence-electron chi connectivity index (χ0n) is 15.8. The van der Waals surface area contributed by atoms with E-state index in [-0.39, 0.29) is 11.9 Å².